The van der Waals surface area contributed by atoms with E-state index in [4.69, 9.17) is 14.3 Å². The Bertz CT molecular complexity index is 274. The van der Waals surface area contributed by atoms with E-state index >= 15 is 0 Å². The first kappa shape index (κ1) is 11.3. The SMILES string of the molecule is O=C1CC[C@H](C(=O)NOCC2CCOC2)O1. The average Bonchev–Trinajstić information content (AvgIpc) is 2.89. The van der Waals surface area contributed by atoms with E-state index in [0.29, 0.717) is 32.0 Å². The summed E-state index contributed by atoms with van der Waals surface area (Å²) in [5, 5.41) is 0. The van der Waals surface area contributed by atoms with Crippen molar-refractivity contribution in [2.45, 2.75) is 25.4 Å². The highest BCUT2D eigenvalue weighted by atomic mass is 16.7. The van der Waals surface area contributed by atoms with Crippen molar-refractivity contribution in [2.24, 2.45) is 5.92 Å². The van der Waals surface area contributed by atoms with Crippen molar-refractivity contribution in [1.29, 1.82) is 0 Å². The summed E-state index contributed by atoms with van der Waals surface area (Å²) >= 11 is 0. The zero-order valence-corrected chi connectivity index (χ0v) is 8.94. The molecule has 0 aromatic heterocycles. The lowest BCUT2D eigenvalue weighted by Gasteiger charge is -2.12. The predicted molar refractivity (Wildman–Crippen MR) is 52.1 cm³/mol. The third-order valence-electron chi connectivity index (χ3n) is 2.69. The molecule has 0 aliphatic carbocycles. The van der Waals surface area contributed by atoms with Gasteiger partial charge in [0.15, 0.2) is 6.10 Å². The van der Waals surface area contributed by atoms with Gasteiger partial charge in [-0.05, 0) is 6.42 Å². The third kappa shape index (κ3) is 2.93. The number of carbonyl (C=O) groups excluding carboxylic acids is 2. The van der Waals surface area contributed by atoms with Gasteiger partial charge in [0.2, 0.25) is 0 Å². The second kappa shape index (κ2) is 5.27. The quantitative estimate of drug-likeness (QED) is 0.532. The molecular formula is C10H15NO5. The summed E-state index contributed by atoms with van der Waals surface area (Å²) in [4.78, 5) is 27.3. The molecule has 0 bridgehead atoms. The number of nitrogens with one attached hydrogen (secondary N) is 1. The molecule has 1 amide bonds. The lowest BCUT2D eigenvalue weighted by molar-refractivity contribution is -0.154. The van der Waals surface area contributed by atoms with Gasteiger partial charge in [-0.2, -0.15) is 0 Å². The Balaban J connectivity index is 1.61. The van der Waals surface area contributed by atoms with Crippen LogP contribution in [-0.2, 0) is 23.9 Å². The Morgan fingerprint density at radius 3 is 3.00 bits per heavy atom. The third-order valence-corrected chi connectivity index (χ3v) is 2.69. The second-order valence-electron chi connectivity index (χ2n) is 4.02. The first-order valence-electron chi connectivity index (χ1n) is 5.44. The molecule has 6 nitrogen and oxygen atoms in total. The molecular weight excluding hydrogens is 214 g/mol. The van der Waals surface area contributed by atoms with Gasteiger partial charge in [0, 0.05) is 25.4 Å². The lowest BCUT2D eigenvalue weighted by Crippen LogP contribution is -2.35. The van der Waals surface area contributed by atoms with E-state index in [-0.39, 0.29) is 11.9 Å². The van der Waals surface area contributed by atoms with Crippen molar-refractivity contribution < 1.29 is 23.9 Å². The summed E-state index contributed by atoms with van der Waals surface area (Å²) in [6.07, 6.45) is 0.996. The highest BCUT2D eigenvalue weighted by Crippen LogP contribution is 2.14. The minimum Gasteiger partial charge on any atom is -0.452 e. The van der Waals surface area contributed by atoms with Crippen molar-refractivity contribution in [2.75, 3.05) is 19.8 Å². The van der Waals surface area contributed by atoms with E-state index in [0.717, 1.165) is 13.0 Å². The standard InChI is InChI=1S/C10H15NO5/c12-9-2-1-8(16-9)10(13)11-15-6-7-3-4-14-5-7/h7-8H,1-6H2,(H,11,13)/t7?,8-/m1/s1. The van der Waals surface area contributed by atoms with E-state index in [1.807, 2.05) is 0 Å². The average molecular weight is 229 g/mol. The molecule has 1 N–H and O–H groups in total. The predicted octanol–water partition coefficient (Wildman–Crippen LogP) is -0.224. The zero-order chi connectivity index (χ0) is 11.4. The van der Waals surface area contributed by atoms with Crippen LogP contribution in [0, 0.1) is 5.92 Å². The van der Waals surface area contributed by atoms with Gasteiger partial charge in [-0.25, -0.2) is 5.48 Å². The maximum absolute atomic E-state index is 11.4. The van der Waals surface area contributed by atoms with Crippen LogP contribution < -0.4 is 5.48 Å². The summed E-state index contributed by atoms with van der Waals surface area (Å²) in [6, 6.07) is 0. The molecule has 2 saturated heterocycles. The molecule has 1 unspecified atom stereocenters. The van der Waals surface area contributed by atoms with Gasteiger partial charge in [0.25, 0.3) is 5.91 Å². The van der Waals surface area contributed by atoms with Crippen molar-refractivity contribution in [1.82, 2.24) is 5.48 Å². The molecule has 2 aliphatic heterocycles. The molecule has 0 radical (unpaired) electrons. The fourth-order valence-electron chi connectivity index (χ4n) is 1.72. The number of carbonyl (C=O) groups is 2. The van der Waals surface area contributed by atoms with Crippen LogP contribution in [0.3, 0.4) is 0 Å². The Morgan fingerprint density at radius 2 is 2.38 bits per heavy atom. The molecule has 90 valence electrons. The molecule has 0 spiro atoms. The van der Waals surface area contributed by atoms with Crippen LogP contribution in [0.2, 0.25) is 0 Å². The fraction of sp³-hybridized carbons (Fsp3) is 0.800. The summed E-state index contributed by atoms with van der Waals surface area (Å²) in [6.45, 7) is 1.86. The Hall–Kier alpha value is -1.14. The number of esters is 1. The van der Waals surface area contributed by atoms with Gasteiger partial charge in [0.1, 0.15) is 0 Å². The van der Waals surface area contributed by atoms with Crippen molar-refractivity contribution in [3.63, 3.8) is 0 Å². The molecule has 0 aromatic carbocycles. The first-order chi connectivity index (χ1) is 7.75. The number of amides is 1. The minimum atomic E-state index is -0.688. The molecule has 0 aromatic rings. The number of rotatable bonds is 4. The van der Waals surface area contributed by atoms with Gasteiger partial charge >= 0.3 is 5.97 Å². The van der Waals surface area contributed by atoms with Crippen LogP contribution in [0.25, 0.3) is 0 Å². The van der Waals surface area contributed by atoms with E-state index in [1.54, 1.807) is 0 Å². The van der Waals surface area contributed by atoms with Crippen LogP contribution in [0.5, 0.6) is 0 Å². The van der Waals surface area contributed by atoms with Gasteiger partial charge in [0.05, 0.1) is 13.2 Å². The smallest absolute Gasteiger partial charge is 0.306 e. The monoisotopic (exact) mass is 229 g/mol. The number of ether oxygens (including phenoxy) is 2. The Kier molecular flexibility index (Phi) is 3.74. The number of hydroxylamine groups is 1. The molecule has 2 fully saturated rings. The van der Waals surface area contributed by atoms with Crippen molar-refractivity contribution >= 4 is 11.9 Å². The molecule has 2 aliphatic rings. The summed E-state index contributed by atoms with van der Waals surface area (Å²) in [7, 11) is 0. The summed E-state index contributed by atoms with van der Waals surface area (Å²) < 4.78 is 9.96. The summed E-state index contributed by atoms with van der Waals surface area (Å²) in [5.74, 6) is -0.375. The van der Waals surface area contributed by atoms with Crippen LogP contribution in [0.15, 0.2) is 0 Å². The van der Waals surface area contributed by atoms with Crippen LogP contribution in [0.1, 0.15) is 19.3 Å². The first-order valence-corrected chi connectivity index (χ1v) is 5.44. The zero-order valence-electron chi connectivity index (χ0n) is 8.94. The van der Waals surface area contributed by atoms with Crippen LogP contribution >= 0.6 is 0 Å². The highest BCUT2D eigenvalue weighted by molar-refractivity contribution is 5.85. The molecule has 2 heterocycles. The Labute approximate surface area is 93.2 Å². The van der Waals surface area contributed by atoms with E-state index < -0.39 is 6.10 Å². The van der Waals surface area contributed by atoms with Crippen molar-refractivity contribution in [3.8, 4) is 0 Å². The van der Waals surface area contributed by atoms with E-state index in [2.05, 4.69) is 5.48 Å². The van der Waals surface area contributed by atoms with Gasteiger partial charge in [-0.1, -0.05) is 0 Å². The largest absolute Gasteiger partial charge is 0.452 e. The second-order valence-corrected chi connectivity index (χ2v) is 4.02. The van der Waals surface area contributed by atoms with E-state index in [9.17, 15) is 9.59 Å². The molecule has 2 atom stereocenters. The normalized spacial score (nSPS) is 29.1. The molecule has 0 saturated carbocycles. The van der Waals surface area contributed by atoms with Crippen LogP contribution in [-0.4, -0.2) is 37.8 Å². The maximum Gasteiger partial charge on any atom is 0.306 e. The Morgan fingerprint density at radius 1 is 1.50 bits per heavy atom. The highest BCUT2D eigenvalue weighted by Gasteiger charge is 2.30. The summed E-state index contributed by atoms with van der Waals surface area (Å²) in [5.41, 5.74) is 2.30. The topological polar surface area (TPSA) is 73.9 Å². The fourth-order valence-corrected chi connectivity index (χ4v) is 1.72. The van der Waals surface area contributed by atoms with Gasteiger partial charge < -0.3 is 9.47 Å². The number of cyclic esters (lactones) is 1. The van der Waals surface area contributed by atoms with Gasteiger partial charge in [-0.15, -0.1) is 0 Å². The molecule has 16 heavy (non-hydrogen) atoms. The maximum atomic E-state index is 11.4. The minimum absolute atomic E-state index is 0.300. The number of hydrogen-bond donors (Lipinski definition) is 1. The molecule has 2 rings (SSSR count). The lowest BCUT2D eigenvalue weighted by atomic mass is 10.1. The number of hydrogen-bond acceptors (Lipinski definition) is 5. The molecule has 6 heteroatoms. The van der Waals surface area contributed by atoms with E-state index in [1.165, 1.54) is 0 Å². The van der Waals surface area contributed by atoms with Crippen LogP contribution in [0.4, 0.5) is 0 Å². The van der Waals surface area contributed by atoms with Gasteiger partial charge in [-0.3, -0.25) is 14.4 Å². The van der Waals surface area contributed by atoms with Crippen molar-refractivity contribution in [3.05, 3.63) is 0 Å².